The summed E-state index contributed by atoms with van der Waals surface area (Å²) in [4.78, 5) is 11.6. The first-order chi connectivity index (χ1) is 10.4. The zero-order valence-electron chi connectivity index (χ0n) is 11.1. The van der Waals surface area contributed by atoms with E-state index < -0.39 is 30.7 Å². The maximum absolute atomic E-state index is 14.4. The van der Waals surface area contributed by atoms with Crippen LogP contribution in [0, 0.1) is 11.3 Å². The summed E-state index contributed by atoms with van der Waals surface area (Å²) in [5.41, 5.74) is 9.36. The molecule has 0 bridgehead atoms. The van der Waals surface area contributed by atoms with E-state index in [1.54, 1.807) is 6.07 Å². The Morgan fingerprint density at radius 3 is 2.82 bits per heavy atom. The molecule has 10 nitrogen and oxygen atoms in total. The first-order valence-electron chi connectivity index (χ1n) is 6.21. The molecule has 0 saturated carbocycles. The molecule has 3 heterocycles. The Hall–Kier alpha value is -2.55. The molecule has 11 heteroatoms. The molecule has 0 aliphatic carbocycles. The minimum atomic E-state index is -2.06. The molecular formula is C11H12FN7O3. The van der Waals surface area contributed by atoms with Gasteiger partial charge >= 0.3 is 0 Å². The van der Waals surface area contributed by atoms with Gasteiger partial charge in [-0.1, -0.05) is 0 Å². The van der Waals surface area contributed by atoms with Crippen molar-refractivity contribution in [3.8, 4) is 6.07 Å². The molecule has 4 atom stereocenters. The van der Waals surface area contributed by atoms with Crippen LogP contribution in [0.3, 0.4) is 0 Å². The zero-order chi connectivity index (χ0) is 16.1. The summed E-state index contributed by atoms with van der Waals surface area (Å²) in [6, 6.07) is 1.59. The first-order valence-corrected chi connectivity index (χ1v) is 6.21. The number of nitrogens with two attached hydrogens (primary N) is 2. The minimum Gasteiger partial charge on any atom is -0.392 e. The molecule has 1 aliphatic heterocycles. The summed E-state index contributed by atoms with van der Waals surface area (Å²) in [5, 5.41) is 28.2. The van der Waals surface area contributed by atoms with Gasteiger partial charge in [0.1, 0.15) is 17.7 Å². The van der Waals surface area contributed by atoms with Gasteiger partial charge in [0.15, 0.2) is 23.9 Å². The minimum absolute atomic E-state index is 0.00362. The van der Waals surface area contributed by atoms with Gasteiger partial charge in [0.25, 0.3) is 0 Å². The Kier molecular flexibility index (Phi) is 3.10. The molecule has 2 aromatic rings. The maximum atomic E-state index is 14.4. The van der Waals surface area contributed by atoms with Crippen LogP contribution in [-0.4, -0.2) is 54.2 Å². The van der Waals surface area contributed by atoms with Crippen molar-refractivity contribution in [2.45, 2.75) is 24.1 Å². The predicted molar refractivity (Wildman–Crippen MR) is 70.6 cm³/mol. The molecule has 0 radical (unpaired) electrons. The number of ether oxygens (including phenoxy) is 1. The van der Waals surface area contributed by atoms with Gasteiger partial charge in [0, 0.05) is 0 Å². The number of rotatable bonds is 2. The lowest BCUT2D eigenvalue weighted by atomic mass is 9.99. The number of aromatic nitrogens is 4. The van der Waals surface area contributed by atoms with Crippen LogP contribution < -0.4 is 11.5 Å². The van der Waals surface area contributed by atoms with E-state index in [0.29, 0.717) is 0 Å². The predicted octanol–water partition coefficient (Wildman–Crippen LogP) is -1.53. The summed E-state index contributed by atoms with van der Waals surface area (Å²) < 4.78 is 20.7. The van der Waals surface area contributed by atoms with Crippen molar-refractivity contribution in [2.24, 2.45) is 0 Å². The second kappa shape index (κ2) is 4.73. The number of hydrogen-bond acceptors (Lipinski definition) is 9. The molecule has 3 rings (SSSR count). The molecule has 1 fully saturated rings. The van der Waals surface area contributed by atoms with Crippen LogP contribution in [0.5, 0.6) is 0 Å². The van der Waals surface area contributed by atoms with Crippen molar-refractivity contribution in [2.75, 3.05) is 18.1 Å². The van der Waals surface area contributed by atoms with Gasteiger partial charge in [0.2, 0.25) is 11.5 Å². The number of anilines is 2. The van der Waals surface area contributed by atoms with Crippen LogP contribution in [0.15, 0.2) is 6.33 Å². The van der Waals surface area contributed by atoms with Crippen molar-refractivity contribution < 1.29 is 19.3 Å². The third kappa shape index (κ3) is 1.78. The molecular weight excluding hydrogens is 297 g/mol. The number of imidazole rings is 1. The highest BCUT2D eigenvalue weighted by Gasteiger charge is 2.56. The number of alkyl halides is 1. The van der Waals surface area contributed by atoms with E-state index in [1.807, 2.05) is 0 Å². The van der Waals surface area contributed by atoms with Gasteiger partial charge in [0.05, 0.1) is 12.9 Å². The maximum Gasteiger partial charge on any atom is 0.224 e. The van der Waals surface area contributed by atoms with Gasteiger partial charge in [-0.25, -0.2) is 9.37 Å². The number of aliphatic hydroxyl groups excluding tert-OH is 2. The van der Waals surface area contributed by atoms with Crippen molar-refractivity contribution >= 4 is 22.9 Å². The Morgan fingerprint density at radius 1 is 1.50 bits per heavy atom. The first kappa shape index (κ1) is 14.4. The second-order valence-corrected chi connectivity index (χ2v) is 4.85. The number of hydrogen-bond donors (Lipinski definition) is 4. The molecule has 1 aliphatic rings. The van der Waals surface area contributed by atoms with Gasteiger partial charge in [-0.3, -0.25) is 4.57 Å². The standard InChI is InChI=1S/C11H12FN7O3/c12-4-6(21)11(1-13,2-20)22-9(4)19-3-16-5-7(14)17-10(15)18-8(5)19/h3-4,6,9,20-21H,2H2,(H4,14,15,17,18)/t4-,6-,9+,11+/m0/s1. The zero-order valence-corrected chi connectivity index (χ0v) is 11.1. The summed E-state index contributed by atoms with van der Waals surface area (Å²) in [7, 11) is 0. The Morgan fingerprint density at radius 2 is 2.23 bits per heavy atom. The Bertz CT molecular complexity index is 775. The number of halogens is 1. The third-order valence-electron chi connectivity index (χ3n) is 3.55. The lowest BCUT2D eigenvalue weighted by molar-refractivity contribution is -0.0912. The molecule has 0 amide bonds. The van der Waals surface area contributed by atoms with Crippen LogP contribution in [0.2, 0.25) is 0 Å². The normalized spacial score (nSPS) is 31.5. The van der Waals surface area contributed by atoms with Crippen LogP contribution in [0.4, 0.5) is 16.2 Å². The van der Waals surface area contributed by atoms with Crippen molar-refractivity contribution in [1.29, 1.82) is 5.26 Å². The number of fused-ring (bicyclic) bond motifs is 1. The lowest BCUT2D eigenvalue weighted by Gasteiger charge is -2.21. The fraction of sp³-hybridized carbons (Fsp3) is 0.455. The average molecular weight is 309 g/mol. The van der Waals surface area contributed by atoms with E-state index in [9.17, 15) is 14.6 Å². The van der Waals surface area contributed by atoms with Crippen molar-refractivity contribution in [1.82, 2.24) is 19.5 Å². The Balaban J connectivity index is 2.11. The van der Waals surface area contributed by atoms with E-state index in [2.05, 4.69) is 15.0 Å². The highest BCUT2D eigenvalue weighted by molar-refractivity contribution is 5.82. The smallest absolute Gasteiger partial charge is 0.224 e. The number of nitrogen functional groups attached to an aromatic ring is 2. The van der Waals surface area contributed by atoms with Crippen molar-refractivity contribution in [3.05, 3.63) is 6.33 Å². The lowest BCUT2D eigenvalue weighted by Crippen LogP contribution is -2.44. The highest BCUT2D eigenvalue weighted by atomic mass is 19.1. The molecule has 2 aromatic heterocycles. The molecule has 0 spiro atoms. The molecule has 0 aromatic carbocycles. The number of nitriles is 1. The van der Waals surface area contributed by atoms with Crippen molar-refractivity contribution in [3.63, 3.8) is 0 Å². The summed E-state index contributed by atoms with van der Waals surface area (Å²) in [6.45, 7) is -0.868. The summed E-state index contributed by atoms with van der Waals surface area (Å²) >= 11 is 0. The average Bonchev–Trinajstić information content (AvgIpc) is 3.01. The van der Waals surface area contributed by atoms with E-state index in [4.69, 9.17) is 21.5 Å². The fourth-order valence-electron chi connectivity index (χ4n) is 2.37. The van der Waals surface area contributed by atoms with Crippen LogP contribution in [0.1, 0.15) is 6.23 Å². The fourth-order valence-corrected chi connectivity index (χ4v) is 2.37. The summed E-state index contributed by atoms with van der Waals surface area (Å²) in [5.74, 6) is -0.140. The molecule has 1 saturated heterocycles. The van der Waals surface area contributed by atoms with E-state index in [0.717, 1.165) is 4.57 Å². The van der Waals surface area contributed by atoms with Gasteiger partial charge < -0.3 is 26.4 Å². The highest BCUT2D eigenvalue weighted by Crippen LogP contribution is 2.39. The van der Waals surface area contributed by atoms with Gasteiger partial charge in [-0.15, -0.1) is 0 Å². The molecule has 116 valence electrons. The van der Waals surface area contributed by atoms with Crippen LogP contribution in [-0.2, 0) is 4.74 Å². The number of aliphatic hydroxyl groups is 2. The second-order valence-electron chi connectivity index (χ2n) is 4.85. The van der Waals surface area contributed by atoms with Crippen LogP contribution in [0.25, 0.3) is 11.2 Å². The topological polar surface area (TPSA) is 169 Å². The van der Waals surface area contributed by atoms with Crippen LogP contribution >= 0.6 is 0 Å². The SMILES string of the molecule is N#C[C@]1(CO)O[C@@H](n2cnc3c(N)nc(N)nc32)[C@@H](F)[C@@H]1O. The molecule has 22 heavy (non-hydrogen) atoms. The molecule has 6 N–H and O–H groups in total. The number of nitrogens with zero attached hydrogens (tertiary/aromatic N) is 5. The molecule has 0 unspecified atom stereocenters. The third-order valence-corrected chi connectivity index (χ3v) is 3.55. The van der Waals surface area contributed by atoms with Gasteiger partial charge in [-0.2, -0.15) is 15.2 Å². The largest absolute Gasteiger partial charge is 0.392 e. The van der Waals surface area contributed by atoms with E-state index >= 15 is 0 Å². The Labute approximate surface area is 122 Å². The van der Waals surface area contributed by atoms with E-state index in [1.165, 1.54) is 6.33 Å². The van der Waals surface area contributed by atoms with Gasteiger partial charge in [-0.05, 0) is 0 Å². The van der Waals surface area contributed by atoms with E-state index in [-0.39, 0.29) is 22.9 Å². The quantitative estimate of drug-likeness (QED) is 0.514. The monoisotopic (exact) mass is 309 g/mol. The summed E-state index contributed by atoms with van der Waals surface area (Å²) in [6.07, 6.45) is -4.05.